The predicted molar refractivity (Wildman–Crippen MR) is 306 cm³/mol. The van der Waals surface area contributed by atoms with Crippen molar-refractivity contribution in [1.29, 1.82) is 0 Å². The van der Waals surface area contributed by atoms with Crippen LogP contribution in [0.1, 0.15) is 252 Å². The average Bonchev–Trinajstić information content (AvgIpc) is 3.37. The molecule has 0 aromatic heterocycles. The van der Waals surface area contributed by atoms with Crippen LogP contribution in [0.3, 0.4) is 0 Å². The molecule has 0 radical (unpaired) electrons. The molecule has 0 aromatic rings. The molecule has 0 spiro atoms. The summed E-state index contributed by atoms with van der Waals surface area (Å²) in [4.78, 5) is 38.1. The lowest BCUT2D eigenvalue weighted by molar-refractivity contribution is -0.167. The molecule has 0 aliphatic rings. The fourth-order valence-electron chi connectivity index (χ4n) is 7.58. The van der Waals surface area contributed by atoms with E-state index in [0.717, 1.165) is 83.5 Å². The Labute approximate surface area is 437 Å². The van der Waals surface area contributed by atoms with Gasteiger partial charge in [-0.3, -0.25) is 14.4 Å². The summed E-state index contributed by atoms with van der Waals surface area (Å²) >= 11 is 0. The molecule has 71 heavy (non-hydrogen) atoms. The Morgan fingerprint density at radius 2 is 0.563 bits per heavy atom. The molecule has 6 nitrogen and oxygen atoms in total. The molecule has 0 N–H and O–H groups in total. The van der Waals surface area contributed by atoms with Crippen LogP contribution in [0.2, 0.25) is 0 Å². The van der Waals surface area contributed by atoms with Gasteiger partial charge in [0.05, 0.1) is 0 Å². The van der Waals surface area contributed by atoms with Crippen molar-refractivity contribution in [1.82, 2.24) is 0 Å². The van der Waals surface area contributed by atoms with Crippen LogP contribution in [0.25, 0.3) is 0 Å². The van der Waals surface area contributed by atoms with E-state index >= 15 is 0 Å². The first kappa shape index (κ1) is 66.8. The lowest BCUT2D eigenvalue weighted by atomic mass is 10.1. The zero-order chi connectivity index (χ0) is 51.4. The van der Waals surface area contributed by atoms with Crippen LogP contribution in [0.15, 0.2) is 122 Å². The summed E-state index contributed by atoms with van der Waals surface area (Å²) in [6.45, 7) is 6.40. The summed E-state index contributed by atoms with van der Waals surface area (Å²) in [6, 6.07) is 0. The van der Waals surface area contributed by atoms with E-state index in [1.54, 1.807) is 0 Å². The van der Waals surface area contributed by atoms with Crippen molar-refractivity contribution in [2.24, 2.45) is 0 Å². The highest BCUT2D eigenvalue weighted by molar-refractivity contribution is 5.71. The molecular formula is C65H106O6. The van der Waals surface area contributed by atoms with Crippen LogP contribution in [-0.4, -0.2) is 37.2 Å². The van der Waals surface area contributed by atoms with E-state index in [1.807, 2.05) is 0 Å². The Hall–Kier alpha value is -4.19. The number of rotatable bonds is 51. The summed E-state index contributed by atoms with van der Waals surface area (Å²) in [5.41, 5.74) is 0. The average molecular weight is 984 g/mol. The zero-order valence-electron chi connectivity index (χ0n) is 45.9. The fraction of sp³-hybridized carbons (Fsp3) is 0.646. The van der Waals surface area contributed by atoms with Gasteiger partial charge in [-0.25, -0.2) is 0 Å². The van der Waals surface area contributed by atoms with E-state index in [0.29, 0.717) is 19.3 Å². The predicted octanol–water partition coefficient (Wildman–Crippen LogP) is 19.6. The van der Waals surface area contributed by atoms with Crippen LogP contribution >= 0.6 is 0 Å². The van der Waals surface area contributed by atoms with Crippen LogP contribution in [0, 0.1) is 0 Å². The van der Waals surface area contributed by atoms with Gasteiger partial charge in [0.15, 0.2) is 6.10 Å². The number of hydrogen-bond acceptors (Lipinski definition) is 6. The van der Waals surface area contributed by atoms with E-state index < -0.39 is 6.10 Å². The van der Waals surface area contributed by atoms with Crippen molar-refractivity contribution in [3.05, 3.63) is 122 Å². The number of esters is 3. The highest BCUT2D eigenvalue weighted by Gasteiger charge is 2.19. The van der Waals surface area contributed by atoms with Crippen LogP contribution in [0.5, 0.6) is 0 Å². The van der Waals surface area contributed by atoms with E-state index in [2.05, 4.69) is 142 Å². The smallest absolute Gasteiger partial charge is 0.306 e. The van der Waals surface area contributed by atoms with Gasteiger partial charge in [0, 0.05) is 19.3 Å². The second kappa shape index (κ2) is 58.4. The molecule has 6 heteroatoms. The minimum atomic E-state index is -0.834. The molecular weight excluding hydrogens is 877 g/mol. The van der Waals surface area contributed by atoms with Gasteiger partial charge in [-0.15, -0.1) is 0 Å². The van der Waals surface area contributed by atoms with E-state index in [9.17, 15) is 14.4 Å². The van der Waals surface area contributed by atoms with Gasteiger partial charge < -0.3 is 14.2 Å². The number of unbranched alkanes of at least 4 members (excludes halogenated alkanes) is 20. The highest BCUT2D eigenvalue weighted by Crippen LogP contribution is 2.14. The second-order valence-electron chi connectivity index (χ2n) is 18.8. The number of hydrogen-bond donors (Lipinski definition) is 0. The first-order chi connectivity index (χ1) is 35.0. The summed E-state index contributed by atoms with van der Waals surface area (Å²) in [6.07, 6.45) is 80.6. The topological polar surface area (TPSA) is 78.9 Å². The van der Waals surface area contributed by atoms with Crippen LogP contribution in [-0.2, 0) is 28.6 Å². The van der Waals surface area contributed by atoms with Gasteiger partial charge in [-0.05, 0) is 122 Å². The number of ether oxygens (including phenoxy) is 3. The van der Waals surface area contributed by atoms with Gasteiger partial charge in [0.2, 0.25) is 0 Å². The highest BCUT2D eigenvalue weighted by atomic mass is 16.6. The molecule has 0 rings (SSSR count). The molecule has 1 atom stereocenters. The normalized spacial score (nSPS) is 13.0. The van der Waals surface area contributed by atoms with Gasteiger partial charge >= 0.3 is 17.9 Å². The lowest BCUT2D eigenvalue weighted by Gasteiger charge is -2.18. The standard InChI is InChI=1S/C65H106O6/c1-4-7-10-13-16-19-22-25-28-31-32-35-37-40-43-46-49-52-55-58-64(67)70-61-62(71-65(68)59-56-53-50-47-44-41-38-34-30-27-24-21-18-15-12-9-6-3)60-69-63(66)57-54-51-48-45-42-39-36-33-29-26-23-20-17-14-11-8-5-2/h9,12,17-18,20-21,25-30,36,38-39,41,45,47-48,50,62H,4-8,10-11,13-16,19,22-24,31-35,37,40,42-44,46,49,51-61H2,1-3H3/b12-9+,20-17+,21-18+,28-25+,29-26+,30-27+,39-36+,41-38+,48-45+,50-47+/t62-/m1/s1. The third-order valence-corrected chi connectivity index (χ3v) is 11.9. The van der Waals surface area contributed by atoms with Gasteiger partial charge in [0.1, 0.15) is 13.2 Å². The molecule has 0 saturated heterocycles. The maximum Gasteiger partial charge on any atom is 0.306 e. The molecule has 0 aliphatic heterocycles. The quantitative estimate of drug-likeness (QED) is 0.0261. The minimum absolute atomic E-state index is 0.121. The molecule has 402 valence electrons. The zero-order valence-corrected chi connectivity index (χ0v) is 45.9. The third-order valence-electron chi connectivity index (χ3n) is 11.9. The number of carbonyl (C=O) groups excluding carboxylic acids is 3. The molecule has 0 amide bonds. The van der Waals surface area contributed by atoms with Crippen molar-refractivity contribution >= 4 is 17.9 Å². The van der Waals surface area contributed by atoms with Crippen molar-refractivity contribution in [2.75, 3.05) is 13.2 Å². The van der Waals surface area contributed by atoms with E-state index in [4.69, 9.17) is 14.2 Å². The lowest BCUT2D eigenvalue weighted by Crippen LogP contribution is -2.30. The van der Waals surface area contributed by atoms with Crippen molar-refractivity contribution in [3.63, 3.8) is 0 Å². The Kier molecular flexibility index (Phi) is 54.9. The van der Waals surface area contributed by atoms with Crippen LogP contribution < -0.4 is 0 Å². The van der Waals surface area contributed by atoms with Gasteiger partial charge in [-0.1, -0.05) is 232 Å². The molecule has 0 aromatic carbocycles. The van der Waals surface area contributed by atoms with Gasteiger partial charge in [-0.2, -0.15) is 0 Å². The maximum atomic E-state index is 12.8. The molecule has 0 saturated carbocycles. The Bertz CT molecular complexity index is 1500. The SMILES string of the molecule is CC/C=C/C/C=C/C/C=C/C/C=C/C/C=C/CCCC(=O)O[C@H](COC(=O)CCC/C=C/C/C=C/C/C=C/C/C=C/CCCCC)COC(=O)CCCCCCCCCCC/C=C/CCCCCCCC. The molecule has 0 unspecified atom stereocenters. The maximum absolute atomic E-state index is 12.8. The Morgan fingerprint density at radius 1 is 0.296 bits per heavy atom. The fourth-order valence-corrected chi connectivity index (χ4v) is 7.58. The number of allylic oxidation sites excluding steroid dienone is 20. The van der Waals surface area contributed by atoms with Crippen molar-refractivity contribution < 1.29 is 28.6 Å². The van der Waals surface area contributed by atoms with E-state index in [-0.39, 0.29) is 44.0 Å². The third kappa shape index (κ3) is 56.6. The Morgan fingerprint density at radius 3 is 0.958 bits per heavy atom. The van der Waals surface area contributed by atoms with Crippen molar-refractivity contribution in [3.8, 4) is 0 Å². The largest absolute Gasteiger partial charge is 0.462 e. The first-order valence-corrected chi connectivity index (χ1v) is 29.0. The van der Waals surface area contributed by atoms with Gasteiger partial charge in [0.25, 0.3) is 0 Å². The van der Waals surface area contributed by atoms with Crippen molar-refractivity contribution in [2.45, 2.75) is 258 Å². The van der Waals surface area contributed by atoms with Crippen LogP contribution in [0.4, 0.5) is 0 Å². The monoisotopic (exact) mass is 983 g/mol. The summed E-state index contributed by atoms with van der Waals surface area (Å²) in [5, 5.41) is 0. The van der Waals surface area contributed by atoms with E-state index in [1.165, 1.54) is 116 Å². The molecule has 0 aliphatic carbocycles. The minimum Gasteiger partial charge on any atom is -0.462 e. The molecule has 0 heterocycles. The summed E-state index contributed by atoms with van der Waals surface area (Å²) < 4.78 is 16.8. The summed E-state index contributed by atoms with van der Waals surface area (Å²) in [7, 11) is 0. The summed E-state index contributed by atoms with van der Waals surface area (Å²) in [5.74, 6) is -1.04. The number of carbonyl (C=O) groups is 3. The first-order valence-electron chi connectivity index (χ1n) is 29.0. The molecule has 0 fully saturated rings. The second-order valence-corrected chi connectivity index (χ2v) is 18.8. The molecule has 0 bridgehead atoms. The Balaban J connectivity index is 4.55.